The van der Waals surface area contributed by atoms with Crippen molar-refractivity contribution in [2.45, 2.75) is 59.3 Å². The lowest BCUT2D eigenvalue weighted by molar-refractivity contribution is -0.123. The summed E-state index contributed by atoms with van der Waals surface area (Å²) in [6.07, 6.45) is 0. The van der Waals surface area contributed by atoms with Gasteiger partial charge in [-0.1, -0.05) is 51.1 Å². The number of rotatable bonds is 5. The first-order valence-corrected chi connectivity index (χ1v) is 10.5. The first-order chi connectivity index (χ1) is 12.9. The highest BCUT2D eigenvalue weighted by Gasteiger charge is 2.30. The predicted molar refractivity (Wildman–Crippen MR) is 115 cm³/mol. The Labute approximate surface area is 170 Å². The van der Waals surface area contributed by atoms with Gasteiger partial charge in [-0.3, -0.25) is 4.79 Å². The first-order valence-electron chi connectivity index (χ1n) is 9.32. The van der Waals surface area contributed by atoms with E-state index in [1.807, 2.05) is 78.8 Å². The zero-order valence-electron chi connectivity index (χ0n) is 17.7. The molecular weight excluding hydrogens is 372 g/mol. The fourth-order valence-electron chi connectivity index (χ4n) is 2.32. The molecule has 0 unspecified atom stereocenters. The summed E-state index contributed by atoms with van der Waals surface area (Å²) in [6.45, 7) is 13.2. The Kier molecular flexibility index (Phi) is 6.85. The van der Waals surface area contributed by atoms with Gasteiger partial charge in [0.1, 0.15) is 4.75 Å². The van der Waals surface area contributed by atoms with Gasteiger partial charge in [-0.15, -0.1) is 14.9 Å². The van der Waals surface area contributed by atoms with Gasteiger partial charge in [-0.05, 0) is 33.8 Å². The lowest BCUT2D eigenvalue weighted by Gasteiger charge is -2.27. The van der Waals surface area contributed by atoms with Crippen LogP contribution in [0.15, 0.2) is 36.4 Å². The standard InChI is InChI=1S/C21H30N4O2S/c1-14(25-28(27)21(5,6)7)16-13-17(22-19(26)20(2,3)4)23-24-18(16)15-11-9-8-10-12-15/h8-14,25H,1-7H3,(H,22,23,26)/t14-,28+/m1/s1. The van der Waals surface area contributed by atoms with Crippen LogP contribution in [0, 0.1) is 5.41 Å². The summed E-state index contributed by atoms with van der Waals surface area (Å²) >= 11 is -1.25. The molecule has 0 aliphatic heterocycles. The minimum atomic E-state index is -1.25. The van der Waals surface area contributed by atoms with E-state index in [4.69, 9.17) is 0 Å². The van der Waals surface area contributed by atoms with Gasteiger partial charge in [-0.2, -0.15) is 0 Å². The SMILES string of the molecule is C[C@@H](N[S@@+]([O-])C(C)(C)C)c1cc(NC(=O)C(C)(C)C)nnc1-c1ccccc1. The molecule has 0 aliphatic carbocycles. The summed E-state index contributed by atoms with van der Waals surface area (Å²) in [5.74, 6) is 0.240. The quantitative estimate of drug-likeness (QED) is 0.730. The second-order valence-corrected chi connectivity index (χ2v) is 10.8. The van der Waals surface area contributed by atoms with Crippen molar-refractivity contribution in [3.63, 3.8) is 0 Å². The van der Waals surface area contributed by atoms with Crippen LogP contribution in [-0.4, -0.2) is 25.4 Å². The van der Waals surface area contributed by atoms with Crippen molar-refractivity contribution in [2.24, 2.45) is 5.41 Å². The summed E-state index contributed by atoms with van der Waals surface area (Å²) in [5.41, 5.74) is 1.88. The topological polar surface area (TPSA) is 90.0 Å². The van der Waals surface area contributed by atoms with Crippen LogP contribution in [0.1, 0.15) is 60.1 Å². The van der Waals surface area contributed by atoms with E-state index < -0.39 is 21.5 Å². The summed E-state index contributed by atoms with van der Waals surface area (Å²) in [4.78, 5) is 12.3. The van der Waals surface area contributed by atoms with Gasteiger partial charge in [0, 0.05) is 27.9 Å². The van der Waals surface area contributed by atoms with E-state index in [0.717, 1.165) is 11.1 Å². The lowest BCUT2D eigenvalue weighted by atomic mass is 9.95. The van der Waals surface area contributed by atoms with E-state index >= 15 is 0 Å². The average Bonchev–Trinajstić information content (AvgIpc) is 2.60. The number of benzene rings is 1. The van der Waals surface area contributed by atoms with Crippen LogP contribution in [0.25, 0.3) is 11.3 Å². The highest BCUT2D eigenvalue weighted by Crippen LogP contribution is 2.29. The molecule has 2 atom stereocenters. The van der Waals surface area contributed by atoms with E-state index in [9.17, 15) is 9.35 Å². The highest BCUT2D eigenvalue weighted by atomic mass is 32.2. The number of amides is 1. The fraction of sp³-hybridized carbons (Fsp3) is 0.476. The largest absolute Gasteiger partial charge is 0.598 e. The molecule has 2 aromatic rings. The van der Waals surface area contributed by atoms with Gasteiger partial charge in [0.25, 0.3) is 0 Å². The normalized spacial score (nSPS) is 14.4. The molecule has 1 heterocycles. The maximum atomic E-state index is 12.6. The van der Waals surface area contributed by atoms with E-state index in [1.54, 1.807) is 6.07 Å². The van der Waals surface area contributed by atoms with Crippen LogP contribution in [0.5, 0.6) is 0 Å². The van der Waals surface area contributed by atoms with Crippen molar-refractivity contribution in [1.29, 1.82) is 0 Å². The maximum Gasteiger partial charge on any atom is 0.230 e. The van der Waals surface area contributed by atoms with Gasteiger partial charge >= 0.3 is 0 Å². The number of carbonyl (C=O) groups excluding carboxylic acids is 1. The minimum Gasteiger partial charge on any atom is -0.598 e. The van der Waals surface area contributed by atoms with Crippen molar-refractivity contribution in [3.8, 4) is 11.3 Å². The van der Waals surface area contributed by atoms with E-state index in [1.165, 1.54) is 0 Å². The molecule has 0 spiro atoms. The van der Waals surface area contributed by atoms with Crippen LogP contribution in [-0.2, 0) is 16.2 Å². The smallest absolute Gasteiger partial charge is 0.230 e. The molecule has 0 saturated carbocycles. The van der Waals surface area contributed by atoms with Crippen LogP contribution in [0.2, 0.25) is 0 Å². The molecule has 0 bridgehead atoms. The summed E-state index contributed by atoms with van der Waals surface area (Å²) in [6, 6.07) is 11.3. The number of carbonyl (C=O) groups is 1. The number of hydrogen-bond acceptors (Lipinski definition) is 5. The predicted octanol–water partition coefficient (Wildman–Crippen LogP) is 4.24. The van der Waals surface area contributed by atoms with Gasteiger partial charge < -0.3 is 9.87 Å². The molecule has 2 rings (SSSR count). The molecule has 0 fully saturated rings. The third-order valence-electron chi connectivity index (χ3n) is 4.10. The number of aromatic nitrogens is 2. The Morgan fingerprint density at radius 2 is 1.68 bits per heavy atom. The zero-order chi connectivity index (χ0) is 21.1. The van der Waals surface area contributed by atoms with Gasteiger partial charge in [0.2, 0.25) is 5.91 Å². The van der Waals surface area contributed by atoms with Crippen LogP contribution < -0.4 is 10.0 Å². The molecule has 7 heteroatoms. The van der Waals surface area contributed by atoms with Gasteiger partial charge in [0.05, 0.1) is 11.7 Å². The monoisotopic (exact) mass is 402 g/mol. The molecule has 1 aromatic carbocycles. The van der Waals surface area contributed by atoms with Crippen LogP contribution in [0.3, 0.4) is 0 Å². The average molecular weight is 403 g/mol. The number of nitrogens with one attached hydrogen (secondary N) is 2. The van der Waals surface area contributed by atoms with Crippen molar-refractivity contribution >= 4 is 23.1 Å². The third-order valence-corrected chi connectivity index (χ3v) is 5.78. The molecule has 0 saturated heterocycles. The van der Waals surface area contributed by atoms with Crippen LogP contribution >= 0.6 is 0 Å². The van der Waals surface area contributed by atoms with Crippen molar-refractivity contribution in [2.75, 3.05) is 5.32 Å². The van der Waals surface area contributed by atoms with Gasteiger partial charge in [-0.25, -0.2) is 0 Å². The lowest BCUT2D eigenvalue weighted by Crippen LogP contribution is -2.40. The molecule has 1 amide bonds. The molecule has 28 heavy (non-hydrogen) atoms. The Morgan fingerprint density at radius 1 is 1.07 bits per heavy atom. The van der Waals surface area contributed by atoms with Crippen LogP contribution in [0.4, 0.5) is 5.82 Å². The molecule has 1 aromatic heterocycles. The van der Waals surface area contributed by atoms with E-state index in [-0.39, 0.29) is 11.9 Å². The van der Waals surface area contributed by atoms with Crippen molar-refractivity contribution in [1.82, 2.24) is 14.9 Å². The summed E-state index contributed by atoms with van der Waals surface area (Å²) in [7, 11) is 0. The summed E-state index contributed by atoms with van der Waals surface area (Å²) in [5, 5.41) is 11.4. The number of anilines is 1. The maximum absolute atomic E-state index is 12.6. The van der Waals surface area contributed by atoms with E-state index in [2.05, 4.69) is 20.2 Å². The molecule has 2 N–H and O–H groups in total. The fourth-order valence-corrected chi connectivity index (χ4v) is 3.12. The first kappa shape index (κ1) is 22.3. The molecular formula is C21H30N4O2S. The van der Waals surface area contributed by atoms with Crippen molar-refractivity contribution < 1.29 is 9.35 Å². The third kappa shape index (κ3) is 5.77. The number of hydrogen-bond donors (Lipinski definition) is 2. The zero-order valence-corrected chi connectivity index (χ0v) is 18.5. The minimum absolute atomic E-state index is 0.140. The Bertz CT molecular complexity index is 813. The molecule has 0 radical (unpaired) electrons. The Hall–Kier alpha value is -1.96. The van der Waals surface area contributed by atoms with Gasteiger partial charge in [0.15, 0.2) is 5.82 Å². The Morgan fingerprint density at radius 3 is 2.21 bits per heavy atom. The molecule has 0 aliphatic rings. The van der Waals surface area contributed by atoms with E-state index in [0.29, 0.717) is 11.5 Å². The second-order valence-electron chi connectivity index (χ2n) is 8.82. The molecule has 152 valence electrons. The Balaban J connectivity index is 2.42. The van der Waals surface area contributed by atoms with Crippen molar-refractivity contribution in [3.05, 3.63) is 42.0 Å². The second kappa shape index (κ2) is 8.59. The number of nitrogens with zero attached hydrogens (tertiary/aromatic N) is 2. The summed E-state index contributed by atoms with van der Waals surface area (Å²) < 4.78 is 15.3. The highest BCUT2D eigenvalue weighted by molar-refractivity contribution is 7.90. The molecule has 6 nitrogen and oxygen atoms in total.